The lowest BCUT2D eigenvalue weighted by Crippen LogP contribution is -1.87. The van der Waals surface area contributed by atoms with Crippen molar-refractivity contribution in [1.29, 1.82) is 0 Å². The van der Waals surface area contributed by atoms with Gasteiger partial charge in [0.05, 0.1) is 0 Å². The van der Waals surface area contributed by atoms with Crippen molar-refractivity contribution in [1.82, 2.24) is 9.97 Å². The van der Waals surface area contributed by atoms with Gasteiger partial charge in [-0.25, -0.2) is 9.97 Å². The molecule has 2 aromatic carbocycles. The molecule has 2 aromatic heterocycles. The van der Waals surface area contributed by atoms with Gasteiger partial charge in [0, 0.05) is 0 Å². The van der Waals surface area contributed by atoms with Gasteiger partial charge in [0.25, 0.3) is 0 Å². The lowest BCUT2D eigenvalue weighted by Gasteiger charge is -1.92. The van der Waals surface area contributed by atoms with E-state index in [2.05, 4.69) is 48.1 Å². The molecule has 0 N–H and O–H groups in total. The van der Waals surface area contributed by atoms with Crippen molar-refractivity contribution in [3.05, 3.63) is 59.3 Å². The molecule has 2 heterocycles. The predicted molar refractivity (Wildman–Crippen MR) is 89.6 cm³/mol. The molecule has 0 spiro atoms. The Morgan fingerprint density at radius 3 is 1.65 bits per heavy atom. The summed E-state index contributed by atoms with van der Waals surface area (Å²) in [6.07, 6.45) is 2.44. The maximum absolute atomic E-state index is 5.80. The summed E-state index contributed by atoms with van der Waals surface area (Å²) in [6, 6.07) is 12.2. The van der Waals surface area contributed by atoms with Gasteiger partial charge in [0.15, 0.2) is 11.2 Å². The average molecular weight is 306 g/mol. The molecular weight excluding hydrogens is 288 g/mol. The Balaban J connectivity index is 1.66. The topological polar surface area (TPSA) is 52.1 Å². The van der Waals surface area contributed by atoms with Crippen LogP contribution in [0.3, 0.4) is 0 Å². The van der Waals surface area contributed by atoms with Gasteiger partial charge in [0.1, 0.15) is 17.5 Å². The molecule has 0 atom stereocenters. The highest BCUT2D eigenvalue weighted by Gasteiger charge is 2.12. The van der Waals surface area contributed by atoms with E-state index in [4.69, 9.17) is 8.83 Å². The van der Waals surface area contributed by atoms with E-state index in [1.54, 1.807) is 0 Å². The number of hydrogen-bond acceptors (Lipinski definition) is 4. The fraction of sp³-hybridized carbons (Fsp3) is 0.263. The zero-order valence-corrected chi connectivity index (χ0v) is 13.3. The van der Waals surface area contributed by atoms with Gasteiger partial charge in [-0.2, -0.15) is 0 Å². The van der Waals surface area contributed by atoms with Crippen LogP contribution < -0.4 is 0 Å². The third kappa shape index (κ3) is 2.61. The second-order valence-corrected chi connectivity index (χ2v) is 5.70. The average Bonchev–Trinajstić information content (AvgIpc) is 3.15. The summed E-state index contributed by atoms with van der Waals surface area (Å²) >= 11 is 0. The maximum atomic E-state index is 5.80. The first-order valence-corrected chi connectivity index (χ1v) is 8.02. The molecule has 116 valence electrons. The number of rotatable bonds is 4. The van der Waals surface area contributed by atoms with Crippen molar-refractivity contribution in [2.45, 2.75) is 33.1 Å². The van der Waals surface area contributed by atoms with Gasteiger partial charge in [-0.05, 0) is 48.2 Å². The minimum Gasteiger partial charge on any atom is -0.440 e. The SMILES string of the molecule is CCc1ccc2oc(Cc3nc4cc(CC)ccc4o3)nc2c1. The normalized spacial score (nSPS) is 11.6. The monoisotopic (exact) mass is 306 g/mol. The molecule has 0 bridgehead atoms. The molecule has 4 heteroatoms. The van der Waals surface area contributed by atoms with Gasteiger partial charge in [-0.3, -0.25) is 0 Å². The summed E-state index contributed by atoms with van der Waals surface area (Å²) in [7, 11) is 0. The van der Waals surface area contributed by atoms with Crippen LogP contribution in [0.15, 0.2) is 45.2 Å². The Morgan fingerprint density at radius 2 is 1.22 bits per heavy atom. The van der Waals surface area contributed by atoms with Gasteiger partial charge < -0.3 is 8.83 Å². The summed E-state index contributed by atoms with van der Waals surface area (Å²) in [5.74, 6) is 1.27. The zero-order valence-electron chi connectivity index (χ0n) is 13.3. The summed E-state index contributed by atoms with van der Waals surface area (Å²) in [5, 5.41) is 0. The van der Waals surface area contributed by atoms with Crippen molar-refractivity contribution in [2.75, 3.05) is 0 Å². The third-order valence-electron chi connectivity index (χ3n) is 4.11. The summed E-state index contributed by atoms with van der Waals surface area (Å²) in [5.41, 5.74) is 5.91. The fourth-order valence-corrected chi connectivity index (χ4v) is 2.76. The van der Waals surface area contributed by atoms with Crippen molar-refractivity contribution >= 4 is 22.2 Å². The molecule has 0 saturated heterocycles. The number of benzene rings is 2. The van der Waals surface area contributed by atoms with Crippen LogP contribution in [0.1, 0.15) is 36.8 Å². The first-order chi connectivity index (χ1) is 11.2. The number of fused-ring (bicyclic) bond motifs is 2. The quantitative estimate of drug-likeness (QED) is 0.549. The van der Waals surface area contributed by atoms with Crippen LogP contribution in [0, 0.1) is 0 Å². The predicted octanol–water partition coefficient (Wildman–Crippen LogP) is 4.68. The van der Waals surface area contributed by atoms with Crippen LogP contribution in [0.2, 0.25) is 0 Å². The van der Waals surface area contributed by atoms with Crippen LogP contribution in [0.4, 0.5) is 0 Å². The summed E-state index contributed by atoms with van der Waals surface area (Å²) in [6.45, 7) is 4.26. The molecule has 0 amide bonds. The van der Waals surface area contributed by atoms with E-state index in [0.717, 1.165) is 35.0 Å². The molecule has 0 saturated carbocycles. The van der Waals surface area contributed by atoms with Gasteiger partial charge in [0.2, 0.25) is 11.8 Å². The van der Waals surface area contributed by atoms with Crippen LogP contribution in [-0.4, -0.2) is 9.97 Å². The van der Waals surface area contributed by atoms with E-state index >= 15 is 0 Å². The van der Waals surface area contributed by atoms with Gasteiger partial charge in [-0.1, -0.05) is 26.0 Å². The minimum absolute atomic E-state index is 0.465. The Hall–Kier alpha value is -2.62. The number of nitrogens with zero attached hydrogens (tertiary/aromatic N) is 2. The molecule has 0 aliphatic carbocycles. The molecule has 4 aromatic rings. The second kappa shape index (κ2) is 5.54. The highest BCUT2D eigenvalue weighted by atomic mass is 16.4. The van der Waals surface area contributed by atoms with Crippen molar-refractivity contribution in [3.8, 4) is 0 Å². The third-order valence-corrected chi connectivity index (χ3v) is 4.11. The number of hydrogen-bond donors (Lipinski definition) is 0. The highest BCUT2D eigenvalue weighted by Crippen LogP contribution is 2.22. The molecule has 23 heavy (non-hydrogen) atoms. The molecule has 0 aliphatic rings. The standard InChI is InChI=1S/C19H18N2O2/c1-3-12-5-7-16-14(9-12)20-18(22-16)11-19-21-15-10-13(4-2)6-8-17(15)23-19/h5-10H,3-4,11H2,1-2H3. The largest absolute Gasteiger partial charge is 0.440 e. The maximum Gasteiger partial charge on any atom is 0.204 e. The van der Waals surface area contributed by atoms with Crippen LogP contribution in [-0.2, 0) is 19.3 Å². The van der Waals surface area contributed by atoms with Crippen molar-refractivity contribution in [3.63, 3.8) is 0 Å². The van der Waals surface area contributed by atoms with E-state index in [0.29, 0.717) is 18.2 Å². The number of aryl methyl sites for hydroxylation is 2. The smallest absolute Gasteiger partial charge is 0.204 e. The molecule has 0 radical (unpaired) electrons. The molecule has 0 fully saturated rings. The molecule has 0 unspecified atom stereocenters. The summed E-state index contributed by atoms with van der Waals surface area (Å²) < 4.78 is 11.6. The highest BCUT2D eigenvalue weighted by molar-refractivity contribution is 5.74. The molecule has 4 nitrogen and oxygen atoms in total. The van der Waals surface area contributed by atoms with E-state index < -0.39 is 0 Å². The van der Waals surface area contributed by atoms with E-state index in [9.17, 15) is 0 Å². The van der Waals surface area contributed by atoms with Gasteiger partial charge >= 0.3 is 0 Å². The Morgan fingerprint density at radius 1 is 0.739 bits per heavy atom. The Kier molecular flexibility index (Phi) is 3.37. The van der Waals surface area contributed by atoms with E-state index in [1.807, 2.05) is 12.1 Å². The van der Waals surface area contributed by atoms with E-state index in [1.165, 1.54) is 11.1 Å². The lowest BCUT2D eigenvalue weighted by atomic mass is 10.1. The first-order valence-electron chi connectivity index (χ1n) is 8.02. The molecule has 0 aliphatic heterocycles. The second-order valence-electron chi connectivity index (χ2n) is 5.70. The fourth-order valence-electron chi connectivity index (χ4n) is 2.76. The molecular formula is C19H18N2O2. The van der Waals surface area contributed by atoms with Crippen molar-refractivity contribution < 1.29 is 8.83 Å². The Labute approximate surface area is 134 Å². The first kappa shape index (κ1) is 14.0. The zero-order chi connectivity index (χ0) is 15.8. The van der Waals surface area contributed by atoms with Crippen LogP contribution >= 0.6 is 0 Å². The van der Waals surface area contributed by atoms with Gasteiger partial charge in [-0.15, -0.1) is 0 Å². The number of aromatic nitrogens is 2. The summed E-state index contributed by atoms with van der Waals surface area (Å²) in [4.78, 5) is 9.11. The minimum atomic E-state index is 0.465. The van der Waals surface area contributed by atoms with E-state index in [-0.39, 0.29) is 0 Å². The lowest BCUT2D eigenvalue weighted by molar-refractivity contribution is 0.488. The van der Waals surface area contributed by atoms with Crippen LogP contribution in [0.25, 0.3) is 22.2 Å². The van der Waals surface area contributed by atoms with Crippen molar-refractivity contribution in [2.24, 2.45) is 0 Å². The van der Waals surface area contributed by atoms with Crippen LogP contribution in [0.5, 0.6) is 0 Å². The Bertz CT molecular complexity index is 902. The molecule has 4 rings (SSSR count). The number of oxazole rings is 2.